The lowest BCUT2D eigenvalue weighted by Crippen LogP contribution is -2.21. The van der Waals surface area contributed by atoms with Crippen LogP contribution < -0.4 is 5.32 Å². The highest BCUT2D eigenvalue weighted by atomic mass is 32.5. The van der Waals surface area contributed by atoms with Crippen molar-refractivity contribution in [3.05, 3.63) is 53.7 Å². The third kappa shape index (κ3) is 5.61. The summed E-state index contributed by atoms with van der Waals surface area (Å²) in [6.45, 7) is 5.21. The average molecular weight is 518 g/mol. The zero-order valence-corrected chi connectivity index (χ0v) is 20.4. The van der Waals surface area contributed by atoms with E-state index in [2.05, 4.69) is 17.3 Å². The first kappa shape index (κ1) is 25.4. The molecule has 1 amide bonds. The third-order valence-corrected chi connectivity index (χ3v) is 7.61. The number of carbonyl (C=O) groups is 1. The number of aliphatic hydroxyl groups is 1. The number of anilines is 1. The van der Waals surface area contributed by atoms with Crippen molar-refractivity contribution in [1.82, 2.24) is 9.78 Å². The van der Waals surface area contributed by atoms with Crippen LogP contribution in [-0.2, 0) is 5.60 Å². The highest BCUT2D eigenvalue weighted by Gasteiger charge is 2.65. The highest BCUT2D eigenvalue weighted by Crippen LogP contribution is 3.02. The van der Waals surface area contributed by atoms with E-state index < -0.39 is 32.2 Å². The lowest BCUT2D eigenvalue weighted by molar-refractivity contribution is 0.0793. The van der Waals surface area contributed by atoms with Gasteiger partial charge in [-0.3, -0.25) is 9.48 Å². The number of hydrogen-bond acceptors (Lipinski definition) is 3. The molecule has 0 unspecified atom stereocenters. The molecule has 0 aliphatic heterocycles. The average Bonchev–Trinajstić information content (AvgIpc) is 3.14. The van der Waals surface area contributed by atoms with Crippen molar-refractivity contribution in [3.63, 3.8) is 0 Å². The van der Waals surface area contributed by atoms with Gasteiger partial charge in [0.25, 0.3) is 5.91 Å². The molecule has 2 N–H and O–H groups in total. The molecule has 0 bridgehead atoms. The zero-order chi connectivity index (χ0) is 25.9. The van der Waals surface area contributed by atoms with Crippen LogP contribution in [0.3, 0.4) is 0 Å². The van der Waals surface area contributed by atoms with E-state index in [0.29, 0.717) is 22.4 Å². The van der Waals surface area contributed by atoms with Crippen molar-refractivity contribution in [1.29, 1.82) is 0 Å². The van der Waals surface area contributed by atoms with E-state index in [1.165, 1.54) is 13.8 Å². The Labute approximate surface area is 200 Å². The molecule has 1 aromatic heterocycles. The van der Waals surface area contributed by atoms with Crippen molar-refractivity contribution < 1.29 is 29.3 Å². The van der Waals surface area contributed by atoms with Crippen molar-refractivity contribution in [2.75, 3.05) is 5.32 Å². The van der Waals surface area contributed by atoms with E-state index in [9.17, 15) is 29.3 Å². The maximum Gasteiger partial charge on any atom is 0.310 e. The molecule has 5 nitrogen and oxygen atoms in total. The molecule has 1 aliphatic carbocycles. The lowest BCUT2D eigenvalue weighted by Gasteiger charge is -2.40. The summed E-state index contributed by atoms with van der Waals surface area (Å²) >= 11 is 0. The summed E-state index contributed by atoms with van der Waals surface area (Å²) in [6, 6.07) is 5.61. The number of nitrogens with one attached hydrogen (secondary N) is 1. The normalized spacial score (nSPS) is 21.4. The Balaban J connectivity index is 1.70. The van der Waals surface area contributed by atoms with Gasteiger partial charge in [0, 0.05) is 28.4 Å². The van der Waals surface area contributed by atoms with E-state index in [4.69, 9.17) is 0 Å². The smallest absolute Gasteiger partial charge is 0.310 e. The van der Waals surface area contributed by atoms with Crippen LogP contribution in [0.2, 0.25) is 0 Å². The number of fused-ring (bicyclic) bond motifs is 1. The van der Waals surface area contributed by atoms with Gasteiger partial charge in [-0.15, -0.1) is 0 Å². The number of amides is 1. The fourth-order valence-electron chi connectivity index (χ4n) is 4.47. The second-order valence-corrected chi connectivity index (χ2v) is 12.4. The van der Waals surface area contributed by atoms with E-state index in [0.717, 1.165) is 37.8 Å². The molecule has 0 atom stereocenters. The zero-order valence-electron chi connectivity index (χ0n) is 19.6. The first-order chi connectivity index (χ1) is 15.9. The molecule has 192 valence electrons. The molecule has 4 rings (SSSR count). The molecule has 1 fully saturated rings. The number of nitrogens with zero attached hydrogens (tertiary/aromatic N) is 2. The number of halogens is 5. The molecule has 35 heavy (non-hydrogen) atoms. The van der Waals surface area contributed by atoms with Crippen LogP contribution in [0.25, 0.3) is 10.9 Å². The maximum atomic E-state index is 13.2. The summed E-state index contributed by atoms with van der Waals surface area (Å²) in [4.78, 5) is 10.6. The predicted octanol–water partition coefficient (Wildman–Crippen LogP) is 7.92. The number of hydrogen-bond donors (Lipinski definition) is 2. The van der Waals surface area contributed by atoms with Gasteiger partial charge < -0.3 is 10.4 Å². The fourth-order valence-corrected chi connectivity index (χ4v) is 5.15. The molecule has 1 aliphatic rings. The molecule has 1 heterocycles. The van der Waals surface area contributed by atoms with Gasteiger partial charge in [-0.05, 0) is 75.8 Å². The Morgan fingerprint density at radius 3 is 2.34 bits per heavy atom. The van der Waals surface area contributed by atoms with Crippen LogP contribution in [-0.4, -0.2) is 20.8 Å². The van der Waals surface area contributed by atoms with Gasteiger partial charge in [-0.1, -0.05) is 32.4 Å². The summed E-state index contributed by atoms with van der Waals surface area (Å²) in [5.41, 5.74) is -0.951. The van der Waals surface area contributed by atoms with E-state index in [1.54, 1.807) is 12.1 Å². The lowest BCUT2D eigenvalue weighted by atomic mass is 9.87. The SMILES string of the molecule is CC1CCC(n2cc3cc(NC(=O)c4cccc(S(F)(F)(F)(F)F)c4)c(C(C)(C)O)cc3n2)CC1. The quantitative estimate of drug-likeness (QED) is 0.338. The van der Waals surface area contributed by atoms with Gasteiger partial charge in [0.15, 0.2) is 0 Å². The monoisotopic (exact) mass is 517 g/mol. The van der Waals surface area contributed by atoms with Gasteiger partial charge in [0.2, 0.25) is 0 Å². The minimum Gasteiger partial charge on any atom is -0.386 e. The van der Waals surface area contributed by atoms with Crippen molar-refractivity contribution >= 4 is 32.7 Å². The number of rotatable bonds is 5. The Morgan fingerprint density at radius 2 is 1.74 bits per heavy atom. The summed E-state index contributed by atoms with van der Waals surface area (Å²) in [5, 5.41) is 18.5. The molecular weight excluding hydrogens is 489 g/mol. The van der Waals surface area contributed by atoms with Gasteiger partial charge in [-0.2, -0.15) is 5.10 Å². The Bertz CT molecular complexity index is 1290. The summed E-state index contributed by atoms with van der Waals surface area (Å²) in [5.74, 6) is -0.343. The van der Waals surface area contributed by atoms with Crippen molar-refractivity contribution in [2.45, 2.75) is 63.0 Å². The molecule has 0 spiro atoms. The number of carbonyl (C=O) groups excluding carboxylic acids is 1. The number of aromatic nitrogens is 2. The van der Waals surface area contributed by atoms with E-state index in [-0.39, 0.29) is 23.9 Å². The Kier molecular flexibility index (Phi) is 5.57. The van der Waals surface area contributed by atoms with Crippen molar-refractivity contribution in [3.8, 4) is 0 Å². The fraction of sp³-hybridized carbons (Fsp3) is 0.417. The van der Waals surface area contributed by atoms with Gasteiger partial charge in [0.05, 0.1) is 17.2 Å². The molecule has 0 saturated heterocycles. The Morgan fingerprint density at radius 1 is 1.09 bits per heavy atom. The number of benzene rings is 2. The van der Waals surface area contributed by atoms with Crippen LogP contribution in [0.1, 0.15) is 68.4 Å². The van der Waals surface area contributed by atoms with Crippen LogP contribution in [0.5, 0.6) is 0 Å². The molecular formula is C24H28F5N3O2S. The van der Waals surface area contributed by atoms with Gasteiger partial charge in [-0.25, -0.2) is 0 Å². The molecule has 0 radical (unpaired) electrons. The molecule has 11 heteroatoms. The third-order valence-electron chi connectivity index (χ3n) is 6.47. The largest absolute Gasteiger partial charge is 0.386 e. The topological polar surface area (TPSA) is 67.2 Å². The van der Waals surface area contributed by atoms with Crippen LogP contribution in [0.15, 0.2) is 47.5 Å². The van der Waals surface area contributed by atoms with E-state index >= 15 is 0 Å². The van der Waals surface area contributed by atoms with Gasteiger partial charge >= 0.3 is 10.2 Å². The highest BCUT2D eigenvalue weighted by molar-refractivity contribution is 8.45. The predicted molar refractivity (Wildman–Crippen MR) is 127 cm³/mol. The Hall–Kier alpha value is -2.66. The van der Waals surface area contributed by atoms with Gasteiger partial charge in [0.1, 0.15) is 4.90 Å². The molecule has 2 aromatic carbocycles. The second kappa shape index (κ2) is 7.67. The minimum atomic E-state index is -9.95. The summed E-state index contributed by atoms with van der Waals surface area (Å²) in [7, 11) is -9.95. The second-order valence-electron chi connectivity index (χ2n) is 9.99. The van der Waals surface area contributed by atoms with Crippen molar-refractivity contribution in [2.24, 2.45) is 5.92 Å². The van der Waals surface area contributed by atoms with Crippen LogP contribution >= 0.6 is 10.2 Å². The summed E-state index contributed by atoms with van der Waals surface area (Å²) in [6.07, 6.45) is 6.00. The standard InChI is InChI=1S/C24H28F5N3O2S/c1-15-7-9-18(10-8-15)32-14-17-12-22(20(24(2,3)34)13-21(17)31-32)30-23(33)16-5-4-6-19(11-16)35(25,26,27,28)29/h4-6,11-15,18,34H,7-10H2,1-3H3,(H,30,33). The molecule has 3 aromatic rings. The summed E-state index contributed by atoms with van der Waals surface area (Å²) < 4.78 is 68.0. The van der Waals surface area contributed by atoms with Crippen LogP contribution in [0, 0.1) is 5.92 Å². The van der Waals surface area contributed by atoms with E-state index in [1.807, 2.05) is 10.9 Å². The minimum absolute atomic E-state index is 0.140. The maximum absolute atomic E-state index is 13.2. The first-order valence-electron chi connectivity index (χ1n) is 11.3. The first-order valence-corrected chi connectivity index (χ1v) is 13.3. The van der Waals surface area contributed by atoms with Crippen LogP contribution in [0.4, 0.5) is 25.1 Å². The molecule has 1 saturated carbocycles.